The number of nitrogens with one attached hydrogen (secondary N) is 1. The molecular weight excluding hydrogens is 166 g/mol. The van der Waals surface area contributed by atoms with E-state index < -0.39 is 0 Å². The van der Waals surface area contributed by atoms with Gasteiger partial charge in [0.1, 0.15) is 0 Å². The van der Waals surface area contributed by atoms with Gasteiger partial charge in [-0.1, -0.05) is 13.8 Å². The third-order valence-electron chi connectivity index (χ3n) is 1.70. The minimum Gasteiger partial charge on any atom is -0.392 e. The summed E-state index contributed by atoms with van der Waals surface area (Å²) in [4.78, 5) is 0. The van der Waals surface area contributed by atoms with E-state index >= 15 is 0 Å². The molecule has 0 aliphatic heterocycles. The highest BCUT2D eigenvalue weighted by Gasteiger charge is 1.95. The average Bonchev–Trinajstić information content (AvgIpc) is 2.01. The maximum atomic E-state index is 8.92. The maximum absolute atomic E-state index is 8.92. The first kappa shape index (κ1) is 12.9. The largest absolute Gasteiger partial charge is 0.392 e. The summed E-state index contributed by atoms with van der Waals surface area (Å²) in [6, 6.07) is 0. The van der Waals surface area contributed by atoms with Gasteiger partial charge in [0, 0.05) is 19.7 Å². The van der Waals surface area contributed by atoms with E-state index in [0.717, 1.165) is 26.2 Å². The number of aliphatic hydroxyl groups excluding tert-OH is 1. The third-order valence-corrected chi connectivity index (χ3v) is 1.70. The Balaban J connectivity index is 2.92. The lowest BCUT2D eigenvalue weighted by Crippen LogP contribution is -2.27. The Kier molecular flexibility index (Phi) is 8.40. The number of aliphatic hydroxyl groups is 1. The molecular formula is C10H23NO2. The average molecular weight is 189 g/mol. The van der Waals surface area contributed by atoms with Crippen LogP contribution < -0.4 is 5.32 Å². The molecule has 0 aliphatic carbocycles. The zero-order valence-corrected chi connectivity index (χ0v) is 9.05. The molecule has 80 valence electrons. The first-order valence-corrected chi connectivity index (χ1v) is 5.09. The first-order valence-electron chi connectivity index (χ1n) is 5.09. The monoisotopic (exact) mass is 189 g/mol. The third kappa shape index (κ3) is 11.9. The van der Waals surface area contributed by atoms with Crippen molar-refractivity contribution in [2.45, 2.75) is 33.3 Å². The minimum atomic E-state index is -0.268. The molecule has 3 heteroatoms. The lowest BCUT2D eigenvalue weighted by molar-refractivity contribution is 0.121. The van der Waals surface area contributed by atoms with Crippen molar-refractivity contribution in [2.75, 3.05) is 26.3 Å². The van der Waals surface area contributed by atoms with Crippen LogP contribution in [0, 0.1) is 5.92 Å². The Labute approximate surface area is 81.5 Å². The van der Waals surface area contributed by atoms with Crippen LogP contribution in [0.5, 0.6) is 0 Å². The van der Waals surface area contributed by atoms with E-state index in [1.807, 2.05) is 0 Å². The molecule has 0 bridgehead atoms. The summed E-state index contributed by atoms with van der Waals surface area (Å²) in [7, 11) is 0. The normalized spacial score (nSPS) is 13.6. The summed E-state index contributed by atoms with van der Waals surface area (Å²) in [6.07, 6.45) is 0.854. The van der Waals surface area contributed by atoms with Crippen LogP contribution in [0.2, 0.25) is 0 Å². The molecule has 0 aromatic rings. The summed E-state index contributed by atoms with van der Waals surface area (Å²) >= 11 is 0. The number of rotatable bonds is 8. The number of hydrogen-bond acceptors (Lipinski definition) is 3. The molecule has 2 N–H and O–H groups in total. The summed E-state index contributed by atoms with van der Waals surface area (Å²) in [5.74, 6) is 0.713. The van der Waals surface area contributed by atoms with Crippen LogP contribution in [0.4, 0.5) is 0 Å². The minimum absolute atomic E-state index is 0.268. The molecule has 0 aliphatic rings. The molecule has 0 rings (SSSR count). The SMILES string of the molecule is CC(C)CCOCCNC[C@H](C)O. The second kappa shape index (κ2) is 8.48. The summed E-state index contributed by atoms with van der Waals surface area (Å²) in [5, 5.41) is 12.0. The van der Waals surface area contributed by atoms with E-state index in [9.17, 15) is 0 Å². The van der Waals surface area contributed by atoms with Crippen molar-refractivity contribution >= 4 is 0 Å². The standard InChI is InChI=1S/C10H23NO2/c1-9(2)4-6-13-7-5-11-8-10(3)12/h9-12H,4-8H2,1-3H3/t10-/m0/s1. The molecule has 0 spiro atoms. The van der Waals surface area contributed by atoms with Gasteiger partial charge in [-0.15, -0.1) is 0 Å². The molecule has 13 heavy (non-hydrogen) atoms. The quantitative estimate of drug-likeness (QED) is 0.560. The predicted molar refractivity (Wildman–Crippen MR) is 54.8 cm³/mol. The fraction of sp³-hybridized carbons (Fsp3) is 1.00. The lowest BCUT2D eigenvalue weighted by Gasteiger charge is -2.08. The highest BCUT2D eigenvalue weighted by atomic mass is 16.5. The van der Waals surface area contributed by atoms with Crippen molar-refractivity contribution in [3.63, 3.8) is 0 Å². The second-order valence-electron chi connectivity index (χ2n) is 3.85. The van der Waals surface area contributed by atoms with Crippen LogP contribution in [0.15, 0.2) is 0 Å². The van der Waals surface area contributed by atoms with Crippen molar-refractivity contribution in [3.8, 4) is 0 Å². The van der Waals surface area contributed by atoms with E-state index in [-0.39, 0.29) is 6.10 Å². The van der Waals surface area contributed by atoms with E-state index in [1.54, 1.807) is 6.92 Å². The fourth-order valence-electron chi connectivity index (χ4n) is 0.876. The van der Waals surface area contributed by atoms with Crippen LogP contribution in [-0.2, 0) is 4.74 Å². The fourth-order valence-corrected chi connectivity index (χ4v) is 0.876. The Morgan fingerprint density at radius 3 is 2.46 bits per heavy atom. The van der Waals surface area contributed by atoms with Crippen LogP contribution in [0.25, 0.3) is 0 Å². The van der Waals surface area contributed by atoms with E-state index in [4.69, 9.17) is 9.84 Å². The molecule has 0 heterocycles. The molecule has 0 aromatic heterocycles. The van der Waals surface area contributed by atoms with E-state index in [1.165, 1.54) is 0 Å². The molecule has 0 fully saturated rings. The second-order valence-corrected chi connectivity index (χ2v) is 3.85. The number of ether oxygens (including phenoxy) is 1. The van der Waals surface area contributed by atoms with Gasteiger partial charge in [0.05, 0.1) is 12.7 Å². The van der Waals surface area contributed by atoms with Gasteiger partial charge < -0.3 is 15.2 Å². The van der Waals surface area contributed by atoms with Crippen LogP contribution >= 0.6 is 0 Å². The van der Waals surface area contributed by atoms with E-state index in [2.05, 4.69) is 19.2 Å². The zero-order chi connectivity index (χ0) is 10.1. The number of hydrogen-bond donors (Lipinski definition) is 2. The van der Waals surface area contributed by atoms with E-state index in [0.29, 0.717) is 12.5 Å². The topological polar surface area (TPSA) is 41.5 Å². The first-order chi connectivity index (χ1) is 6.13. The molecule has 0 saturated carbocycles. The predicted octanol–water partition coefficient (Wildman–Crippen LogP) is 1.02. The summed E-state index contributed by atoms with van der Waals surface area (Å²) < 4.78 is 5.38. The molecule has 3 nitrogen and oxygen atoms in total. The summed E-state index contributed by atoms with van der Waals surface area (Å²) in [5.41, 5.74) is 0. The Morgan fingerprint density at radius 2 is 1.92 bits per heavy atom. The van der Waals surface area contributed by atoms with Gasteiger partial charge >= 0.3 is 0 Å². The lowest BCUT2D eigenvalue weighted by atomic mass is 10.1. The van der Waals surface area contributed by atoms with Gasteiger partial charge in [0.25, 0.3) is 0 Å². The highest BCUT2D eigenvalue weighted by Crippen LogP contribution is 1.98. The van der Waals surface area contributed by atoms with Crippen molar-refractivity contribution in [3.05, 3.63) is 0 Å². The van der Waals surface area contributed by atoms with Gasteiger partial charge in [0.15, 0.2) is 0 Å². The molecule has 0 saturated heterocycles. The van der Waals surface area contributed by atoms with Gasteiger partial charge in [-0.2, -0.15) is 0 Å². The Morgan fingerprint density at radius 1 is 1.23 bits per heavy atom. The highest BCUT2D eigenvalue weighted by molar-refractivity contribution is 4.51. The molecule has 0 aromatic carbocycles. The van der Waals surface area contributed by atoms with Crippen molar-refractivity contribution < 1.29 is 9.84 Å². The maximum Gasteiger partial charge on any atom is 0.0636 e. The van der Waals surface area contributed by atoms with Crippen LogP contribution in [0.3, 0.4) is 0 Å². The zero-order valence-electron chi connectivity index (χ0n) is 9.05. The Hall–Kier alpha value is -0.120. The molecule has 0 amide bonds. The van der Waals surface area contributed by atoms with Crippen LogP contribution in [0.1, 0.15) is 27.2 Å². The van der Waals surface area contributed by atoms with Gasteiger partial charge in [-0.05, 0) is 19.3 Å². The van der Waals surface area contributed by atoms with Crippen molar-refractivity contribution in [1.29, 1.82) is 0 Å². The van der Waals surface area contributed by atoms with Gasteiger partial charge in [0.2, 0.25) is 0 Å². The van der Waals surface area contributed by atoms with Crippen molar-refractivity contribution in [2.24, 2.45) is 5.92 Å². The molecule has 0 unspecified atom stereocenters. The van der Waals surface area contributed by atoms with Gasteiger partial charge in [-0.3, -0.25) is 0 Å². The summed E-state index contributed by atoms with van der Waals surface area (Å²) in [6.45, 7) is 9.20. The van der Waals surface area contributed by atoms with Crippen molar-refractivity contribution in [1.82, 2.24) is 5.32 Å². The molecule has 0 radical (unpaired) electrons. The van der Waals surface area contributed by atoms with Crippen LogP contribution in [-0.4, -0.2) is 37.5 Å². The molecule has 1 atom stereocenters. The smallest absolute Gasteiger partial charge is 0.0636 e. The Bertz CT molecular complexity index is 93.1. The van der Waals surface area contributed by atoms with Gasteiger partial charge in [-0.25, -0.2) is 0 Å².